The van der Waals surface area contributed by atoms with Crippen LogP contribution in [0.25, 0.3) is 5.69 Å². The molecule has 0 atom stereocenters. The van der Waals surface area contributed by atoms with Crippen molar-refractivity contribution in [2.75, 3.05) is 23.7 Å². The monoisotopic (exact) mass is 270 g/mol. The van der Waals surface area contributed by atoms with Gasteiger partial charge in [0.05, 0.1) is 11.4 Å². The third kappa shape index (κ3) is 2.38. The van der Waals surface area contributed by atoms with E-state index in [9.17, 15) is 0 Å². The van der Waals surface area contributed by atoms with Crippen molar-refractivity contribution < 1.29 is 0 Å². The first kappa shape index (κ1) is 13.0. The quantitative estimate of drug-likeness (QED) is 0.931. The first-order valence-corrected chi connectivity index (χ1v) is 7.36. The lowest BCUT2D eigenvalue weighted by Crippen LogP contribution is -2.17. The minimum Gasteiger partial charge on any atom is -0.384 e. The van der Waals surface area contributed by atoms with Crippen molar-refractivity contribution in [1.82, 2.24) is 9.78 Å². The lowest BCUT2D eigenvalue weighted by Gasteiger charge is -2.18. The van der Waals surface area contributed by atoms with Crippen LogP contribution in [-0.2, 0) is 0 Å². The molecule has 20 heavy (non-hydrogen) atoms. The van der Waals surface area contributed by atoms with Gasteiger partial charge in [-0.15, -0.1) is 0 Å². The van der Waals surface area contributed by atoms with E-state index in [0.29, 0.717) is 11.7 Å². The van der Waals surface area contributed by atoms with E-state index >= 15 is 0 Å². The van der Waals surface area contributed by atoms with E-state index < -0.39 is 0 Å². The molecule has 0 bridgehead atoms. The predicted molar refractivity (Wildman–Crippen MR) is 83.5 cm³/mol. The summed E-state index contributed by atoms with van der Waals surface area (Å²) in [5.41, 5.74) is 9.44. The van der Waals surface area contributed by atoms with Crippen molar-refractivity contribution in [3.05, 3.63) is 36.0 Å². The Hall–Kier alpha value is -1.97. The maximum Gasteiger partial charge on any atom is 0.127 e. The number of nitrogen functional groups attached to an aromatic ring is 1. The molecule has 3 rings (SSSR count). The number of hydrogen-bond donors (Lipinski definition) is 1. The SMILES string of the molecule is CC(C)c1cc(N)n(-c2cccc(N3CCCC3)c2)n1. The molecule has 1 aromatic heterocycles. The Bertz CT molecular complexity index is 594. The third-order valence-electron chi connectivity index (χ3n) is 3.89. The van der Waals surface area contributed by atoms with Gasteiger partial charge in [0.2, 0.25) is 0 Å². The summed E-state index contributed by atoms with van der Waals surface area (Å²) in [6.45, 7) is 6.56. The summed E-state index contributed by atoms with van der Waals surface area (Å²) >= 11 is 0. The summed E-state index contributed by atoms with van der Waals surface area (Å²) in [6.07, 6.45) is 2.57. The number of nitrogens with zero attached hydrogens (tertiary/aromatic N) is 3. The zero-order valence-corrected chi connectivity index (χ0v) is 12.2. The van der Waals surface area contributed by atoms with Gasteiger partial charge < -0.3 is 10.6 Å². The molecule has 1 aromatic carbocycles. The molecule has 1 aliphatic rings. The number of nitrogens with two attached hydrogens (primary N) is 1. The Balaban J connectivity index is 1.95. The van der Waals surface area contributed by atoms with E-state index in [4.69, 9.17) is 5.73 Å². The van der Waals surface area contributed by atoms with Gasteiger partial charge in [-0.25, -0.2) is 4.68 Å². The highest BCUT2D eigenvalue weighted by atomic mass is 15.3. The summed E-state index contributed by atoms with van der Waals surface area (Å²) in [7, 11) is 0. The Kier molecular flexibility index (Phi) is 3.38. The molecule has 2 N–H and O–H groups in total. The van der Waals surface area contributed by atoms with Gasteiger partial charge in [0.15, 0.2) is 0 Å². The standard InChI is InChI=1S/C16H22N4/c1-12(2)15-11-16(17)20(18-15)14-7-5-6-13(10-14)19-8-3-4-9-19/h5-7,10-12H,3-4,8-9,17H2,1-2H3. The molecule has 0 unspecified atom stereocenters. The maximum atomic E-state index is 6.10. The van der Waals surface area contributed by atoms with E-state index in [1.54, 1.807) is 0 Å². The highest BCUT2D eigenvalue weighted by molar-refractivity contribution is 5.55. The molecule has 1 saturated heterocycles. The third-order valence-corrected chi connectivity index (χ3v) is 3.89. The van der Waals surface area contributed by atoms with Crippen LogP contribution >= 0.6 is 0 Å². The van der Waals surface area contributed by atoms with Crippen molar-refractivity contribution >= 4 is 11.5 Å². The summed E-state index contributed by atoms with van der Waals surface area (Å²) in [4.78, 5) is 2.42. The summed E-state index contributed by atoms with van der Waals surface area (Å²) in [5.74, 6) is 1.09. The van der Waals surface area contributed by atoms with Crippen molar-refractivity contribution in [3.63, 3.8) is 0 Å². The first-order chi connectivity index (χ1) is 9.65. The Labute approximate surface area is 120 Å². The van der Waals surface area contributed by atoms with Gasteiger partial charge >= 0.3 is 0 Å². The lowest BCUT2D eigenvalue weighted by molar-refractivity contribution is 0.771. The van der Waals surface area contributed by atoms with E-state index in [-0.39, 0.29) is 0 Å². The van der Waals surface area contributed by atoms with Gasteiger partial charge in [0, 0.05) is 24.8 Å². The predicted octanol–water partition coefficient (Wildman–Crippen LogP) is 3.18. The minimum absolute atomic E-state index is 0.389. The number of aromatic nitrogens is 2. The van der Waals surface area contributed by atoms with E-state index in [2.05, 4.69) is 48.1 Å². The topological polar surface area (TPSA) is 47.1 Å². The van der Waals surface area contributed by atoms with E-state index in [1.165, 1.54) is 18.5 Å². The average molecular weight is 270 g/mol. The van der Waals surface area contributed by atoms with Crippen LogP contribution in [0.4, 0.5) is 11.5 Å². The van der Waals surface area contributed by atoms with Crippen molar-refractivity contribution in [3.8, 4) is 5.69 Å². The summed E-state index contributed by atoms with van der Waals surface area (Å²) in [6, 6.07) is 10.5. The van der Waals surface area contributed by atoms with Crippen molar-refractivity contribution in [2.24, 2.45) is 0 Å². The Morgan fingerprint density at radius 2 is 1.80 bits per heavy atom. The summed E-state index contributed by atoms with van der Waals surface area (Å²) in [5, 5.41) is 4.62. The lowest BCUT2D eigenvalue weighted by atomic mass is 10.1. The zero-order chi connectivity index (χ0) is 14.1. The van der Waals surface area contributed by atoms with Crippen LogP contribution in [0.2, 0.25) is 0 Å². The largest absolute Gasteiger partial charge is 0.384 e. The van der Waals surface area contributed by atoms with Gasteiger partial charge in [0.1, 0.15) is 5.82 Å². The van der Waals surface area contributed by atoms with Gasteiger partial charge in [-0.2, -0.15) is 5.10 Å². The van der Waals surface area contributed by atoms with Gasteiger partial charge in [-0.3, -0.25) is 0 Å². The molecular weight excluding hydrogens is 248 g/mol. The second kappa shape index (κ2) is 5.19. The van der Waals surface area contributed by atoms with Gasteiger partial charge in [-0.05, 0) is 37.0 Å². The summed E-state index contributed by atoms with van der Waals surface area (Å²) < 4.78 is 1.84. The number of rotatable bonds is 3. The minimum atomic E-state index is 0.389. The molecule has 0 aliphatic carbocycles. The van der Waals surface area contributed by atoms with Crippen molar-refractivity contribution in [1.29, 1.82) is 0 Å². The molecule has 0 spiro atoms. The fraction of sp³-hybridized carbons (Fsp3) is 0.438. The number of anilines is 2. The number of benzene rings is 1. The van der Waals surface area contributed by atoms with Crippen LogP contribution in [0.15, 0.2) is 30.3 Å². The van der Waals surface area contributed by atoms with Crippen LogP contribution in [0.1, 0.15) is 38.3 Å². The normalized spacial score (nSPS) is 15.2. The molecule has 2 heterocycles. The van der Waals surface area contributed by atoms with Crippen LogP contribution in [0.3, 0.4) is 0 Å². The van der Waals surface area contributed by atoms with E-state index in [0.717, 1.165) is 24.5 Å². The fourth-order valence-electron chi connectivity index (χ4n) is 2.70. The van der Waals surface area contributed by atoms with Gasteiger partial charge in [-0.1, -0.05) is 19.9 Å². The van der Waals surface area contributed by atoms with Gasteiger partial charge in [0.25, 0.3) is 0 Å². The second-order valence-electron chi connectivity index (χ2n) is 5.77. The van der Waals surface area contributed by atoms with Crippen LogP contribution in [0.5, 0.6) is 0 Å². The molecule has 0 radical (unpaired) electrons. The maximum absolute atomic E-state index is 6.10. The van der Waals surface area contributed by atoms with Crippen LogP contribution in [-0.4, -0.2) is 22.9 Å². The molecular formula is C16H22N4. The van der Waals surface area contributed by atoms with Crippen LogP contribution < -0.4 is 10.6 Å². The van der Waals surface area contributed by atoms with E-state index in [1.807, 2.05) is 10.7 Å². The zero-order valence-electron chi connectivity index (χ0n) is 12.2. The smallest absolute Gasteiger partial charge is 0.127 e. The molecule has 0 saturated carbocycles. The molecule has 4 nitrogen and oxygen atoms in total. The highest BCUT2D eigenvalue weighted by Gasteiger charge is 2.14. The molecule has 1 fully saturated rings. The Morgan fingerprint density at radius 1 is 1.10 bits per heavy atom. The molecule has 1 aliphatic heterocycles. The van der Waals surface area contributed by atoms with Crippen LogP contribution in [0, 0.1) is 0 Å². The molecule has 0 amide bonds. The molecule has 2 aromatic rings. The van der Waals surface area contributed by atoms with Crippen molar-refractivity contribution in [2.45, 2.75) is 32.6 Å². The fourth-order valence-corrected chi connectivity index (χ4v) is 2.70. The Morgan fingerprint density at radius 3 is 2.45 bits per heavy atom. The first-order valence-electron chi connectivity index (χ1n) is 7.36. The second-order valence-corrected chi connectivity index (χ2v) is 5.77. The highest BCUT2D eigenvalue weighted by Crippen LogP contribution is 2.25. The average Bonchev–Trinajstić information content (AvgIpc) is 3.08. The molecule has 106 valence electrons. The number of hydrogen-bond acceptors (Lipinski definition) is 3. The molecule has 4 heteroatoms.